The fourth-order valence-electron chi connectivity index (χ4n) is 14.6. The van der Waals surface area contributed by atoms with Crippen molar-refractivity contribution in [3.05, 3.63) is 246 Å². The van der Waals surface area contributed by atoms with Crippen molar-refractivity contribution < 1.29 is 134 Å². The van der Waals surface area contributed by atoms with E-state index in [1.807, 2.05) is 0 Å². The summed E-state index contributed by atoms with van der Waals surface area (Å²) >= 11 is 26.5. The van der Waals surface area contributed by atoms with Gasteiger partial charge in [0, 0.05) is 27.9 Å². The normalized spacial score (nSPS) is 28.3. The molecule has 6 heterocycles. The van der Waals surface area contributed by atoms with Crippen molar-refractivity contribution in [3.8, 4) is 0 Å². The number of carbonyl (C=O) groups is 9. The Labute approximate surface area is 683 Å². The van der Waals surface area contributed by atoms with Crippen molar-refractivity contribution in [2.75, 3.05) is 33.5 Å². The Morgan fingerprint density at radius 3 is 1.17 bits per heavy atom. The van der Waals surface area contributed by atoms with Gasteiger partial charge in [-0.05, 0) is 53.1 Å². The van der Waals surface area contributed by atoms with Gasteiger partial charge in [-0.15, -0.1) is 0 Å². The third-order valence-corrected chi connectivity index (χ3v) is 21.7. The monoisotopic (exact) mass is 1680 g/mol. The number of aliphatic hydroxyl groups is 3. The molecule has 4 saturated heterocycles. The van der Waals surface area contributed by atoms with E-state index in [4.69, 9.17) is 122 Å². The van der Waals surface area contributed by atoms with Crippen molar-refractivity contribution in [2.24, 2.45) is 0 Å². The lowest BCUT2D eigenvalue weighted by Gasteiger charge is -2.52. The quantitative estimate of drug-likeness (QED) is 0.0130. The van der Waals surface area contributed by atoms with E-state index >= 15 is 24.0 Å². The first kappa shape index (κ1) is 84.7. The van der Waals surface area contributed by atoms with Crippen LogP contribution in [0.15, 0.2) is 176 Å². The van der Waals surface area contributed by atoms with Gasteiger partial charge in [0.15, 0.2) is 55.7 Å². The highest BCUT2D eigenvalue weighted by molar-refractivity contribution is 6.55. The number of fused-ring (bicyclic) bond motifs is 2. The highest BCUT2D eigenvalue weighted by Crippen LogP contribution is 2.48. The van der Waals surface area contributed by atoms with Gasteiger partial charge in [0.2, 0.25) is 0 Å². The van der Waals surface area contributed by atoms with Crippen molar-refractivity contribution in [2.45, 2.75) is 163 Å². The Balaban J connectivity index is 0.934. The van der Waals surface area contributed by atoms with Crippen LogP contribution in [0.2, 0.25) is 20.1 Å². The summed E-state index contributed by atoms with van der Waals surface area (Å²) in [6, 6.07) is 42.6. The van der Waals surface area contributed by atoms with Crippen molar-refractivity contribution in [1.82, 2.24) is 9.80 Å². The van der Waals surface area contributed by atoms with E-state index in [1.165, 1.54) is 72.8 Å². The van der Waals surface area contributed by atoms with Crippen molar-refractivity contribution >= 4 is 99.9 Å². The van der Waals surface area contributed by atoms with E-state index in [9.17, 15) is 34.5 Å². The molecule has 0 spiro atoms. The number of benzene rings is 7. The summed E-state index contributed by atoms with van der Waals surface area (Å²) in [6.45, 7) is 0.0388. The Bertz CT molecular complexity index is 4620. The average Bonchev–Trinajstić information content (AvgIpc) is 1.43. The summed E-state index contributed by atoms with van der Waals surface area (Å²) in [5, 5.41) is 36.7. The molecule has 0 unspecified atom stereocenters. The average molecular weight is 1680 g/mol. The molecule has 13 rings (SSSR count). The molecule has 0 saturated carbocycles. The van der Waals surface area contributed by atoms with Crippen molar-refractivity contribution in [3.63, 3.8) is 0 Å². The third-order valence-electron chi connectivity index (χ3n) is 19.9. The van der Waals surface area contributed by atoms with E-state index in [1.54, 1.807) is 103 Å². The summed E-state index contributed by atoms with van der Waals surface area (Å²) in [7, 11) is 1.16. The summed E-state index contributed by atoms with van der Waals surface area (Å²) in [5.41, 5.74) is 0.377. The lowest BCUT2D eigenvalue weighted by Crippen LogP contribution is -2.71. The molecule has 116 heavy (non-hydrogen) atoms. The summed E-state index contributed by atoms with van der Waals surface area (Å²) < 4.78 is 103. The van der Waals surface area contributed by atoms with Crippen LogP contribution in [0, 0.1) is 0 Å². The Hall–Kier alpha value is -9.23. The first-order valence-corrected chi connectivity index (χ1v) is 38.1. The number of rotatable bonds is 29. The van der Waals surface area contributed by atoms with Crippen LogP contribution in [-0.2, 0) is 110 Å². The SMILES string of the molecule is CO[C@@H]1O[C@H](COCc2ccccc2)[C@@H](O[C@@H]2O[C@H](COCc3ccccc3)[C@H](O)[C@H](O[C@@H]3O[C@H](CO)[C@@H](O[C@@H]4O[C@H](COCc5ccccc5)[C@H](OC(C)=O)[C@H](OC(C)=O)[C@H]4OC(C)=O)[C@H](OC(=O)c4ccccc4)[C@H]3N3C(=O)c4ccccc4C3=O)[C@H]2O)[C@H](OC(=O)c2ccccc2)[C@H]1N1C(=O)c2c(Cl)c(Cl)c(Cl)c(Cl)c2C1=O. The second kappa shape index (κ2) is 38.0. The zero-order valence-corrected chi connectivity index (χ0v) is 65.2. The predicted molar refractivity (Wildman–Crippen MR) is 403 cm³/mol. The van der Waals surface area contributed by atoms with Crippen molar-refractivity contribution in [1.29, 1.82) is 0 Å². The molecular weight excluding hydrogens is 1600 g/mol. The number of hydrogen-bond acceptors (Lipinski definition) is 28. The Morgan fingerprint density at radius 2 is 0.724 bits per heavy atom. The van der Waals surface area contributed by atoms with Gasteiger partial charge in [-0.25, -0.2) is 9.59 Å². The Morgan fingerprint density at radius 1 is 0.371 bits per heavy atom. The molecule has 6 aliphatic rings. The first-order valence-electron chi connectivity index (χ1n) is 36.6. The number of hydrogen-bond donors (Lipinski definition) is 3. The molecule has 3 N–H and O–H groups in total. The molecule has 34 heteroatoms. The Kier molecular flexibility index (Phi) is 27.7. The van der Waals surface area contributed by atoms with Crippen LogP contribution in [0.3, 0.4) is 0 Å². The number of aliphatic hydroxyl groups excluding tert-OH is 3. The van der Waals surface area contributed by atoms with E-state index in [0.717, 1.165) is 27.9 Å². The fourth-order valence-corrected chi connectivity index (χ4v) is 15.7. The zero-order valence-electron chi connectivity index (χ0n) is 62.2. The third kappa shape index (κ3) is 18.4. The maximum absolute atomic E-state index is 15.5. The molecule has 4 fully saturated rings. The number of amides is 4. The molecule has 7 aromatic rings. The van der Waals surface area contributed by atoms with E-state index < -0.39 is 224 Å². The molecule has 30 nitrogen and oxygen atoms in total. The van der Waals surface area contributed by atoms with E-state index in [0.29, 0.717) is 26.5 Å². The van der Waals surface area contributed by atoms with Crippen LogP contribution in [-0.4, -0.2) is 235 Å². The highest BCUT2D eigenvalue weighted by atomic mass is 35.5. The lowest BCUT2D eigenvalue weighted by atomic mass is 9.92. The van der Waals surface area contributed by atoms with Gasteiger partial charge in [-0.3, -0.25) is 43.4 Å². The molecule has 0 bridgehead atoms. The van der Waals surface area contributed by atoms with Crippen LogP contribution in [0.25, 0.3) is 0 Å². The molecular formula is C82H78Cl4N2O28. The molecule has 612 valence electrons. The summed E-state index contributed by atoms with van der Waals surface area (Å²) in [6.07, 6.45) is -35.6. The lowest BCUT2D eigenvalue weighted by molar-refractivity contribution is -0.381. The maximum atomic E-state index is 15.5. The number of nitrogens with zero attached hydrogens (tertiary/aromatic N) is 2. The summed E-state index contributed by atoms with van der Waals surface area (Å²) in [5.74, 6) is -9.63. The summed E-state index contributed by atoms with van der Waals surface area (Å²) in [4.78, 5) is 132. The first-order chi connectivity index (χ1) is 55.9. The van der Waals surface area contributed by atoms with Crippen LogP contribution in [0.5, 0.6) is 0 Å². The highest BCUT2D eigenvalue weighted by Gasteiger charge is 2.64. The molecule has 4 amide bonds. The number of carbonyl (C=O) groups excluding carboxylic acids is 9. The van der Waals surface area contributed by atoms with E-state index in [-0.39, 0.29) is 52.1 Å². The number of esters is 5. The van der Waals surface area contributed by atoms with Crippen LogP contribution in [0.1, 0.15) is 99.6 Å². The number of imide groups is 2. The topological polar surface area (TPSA) is 368 Å². The molecule has 6 aliphatic heterocycles. The molecule has 0 aromatic heterocycles. The van der Waals surface area contributed by atoms with Crippen LogP contribution in [0.4, 0.5) is 0 Å². The van der Waals surface area contributed by atoms with Gasteiger partial charge in [0.05, 0.1) is 99.7 Å². The molecule has 7 aromatic carbocycles. The fraction of sp³-hybridized carbons (Fsp3) is 0.378. The van der Waals surface area contributed by atoms with Gasteiger partial charge >= 0.3 is 29.8 Å². The maximum Gasteiger partial charge on any atom is 0.338 e. The number of halogens is 4. The predicted octanol–water partition coefficient (Wildman–Crippen LogP) is 8.24. The second-order valence-corrected chi connectivity index (χ2v) is 29.1. The zero-order chi connectivity index (χ0) is 82.2. The smallest absolute Gasteiger partial charge is 0.338 e. The van der Waals surface area contributed by atoms with E-state index in [2.05, 4.69) is 0 Å². The number of methoxy groups -OCH3 is 1. The number of ether oxygens (including phenoxy) is 16. The van der Waals surface area contributed by atoms with Gasteiger partial charge in [-0.1, -0.05) is 186 Å². The van der Waals surface area contributed by atoms with Crippen LogP contribution < -0.4 is 0 Å². The van der Waals surface area contributed by atoms with Gasteiger partial charge in [0.25, 0.3) is 23.6 Å². The van der Waals surface area contributed by atoms with Gasteiger partial charge in [0.1, 0.15) is 67.0 Å². The minimum absolute atomic E-state index is 0.0589. The molecule has 20 atom stereocenters. The molecule has 0 aliphatic carbocycles. The van der Waals surface area contributed by atoms with Crippen LogP contribution >= 0.6 is 46.4 Å². The standard InChI is InChI=1S/C82H78Cl4N2O28/c1-41(90)105-67-54(40-104-37-46-26-14-7-15-27-46)111-82(72(107-43(3)92)71(67)106-42(2)91)115-65-51(34-89)108-80(62(69(65)113-78(100)48-30-18-9-19-31-48)87-73(95)49-32-20-21-33-50(49)74(87)96)116-70-63(93)52(38-102-35-44-22-10-5-11-23-44)109-81(64(70)94)114-66-53(39-103-36-45-24-12-6-13-25-45)110-79(101-4)61(68(66)112-77(99)47-28-16-8-17-29-47)88-75(97)55-56(76(88)98)58(84)60(86)59(85)57(55)83/h5-33,51-54,61-72,79-82,89,93-94H,34-40H2,1-4H3/t51-,52-,53-,54-,61-,62-,63+,64-,65-,66-,67+,68-,69-,70+,71+,72-,79-,80+,81+,82+/m1/s1. The molecule has 0 radical (unpaired) electrons. The van der Waals surface area contributed by atoms with Gasteiger partial charge < -0.3 is 91.1 Å². The largest absolute Gasteiger partial charge is 0.456 e. The van der Waals surface area contributed by atoms with Gasteiger partial charge in [-0.2, -0.15) is 0 Å². The minimum atomic E-state index is -2.41. The second-order valence-electron chi connectivity index (χ2n) is 27.6. The minimum Gasteiger partial charge on any atom is -0.456 e.